The van der Waals surface area contributed by atoms with Crippen molar-refractivity contribution >= 4 is 41.3 Å². The zero-order valence-electron chi connectivity index (χ0n) is 16.3. The molecule has 0 unspecified atom stereocenters. The van der Waals surface area contributed by atoms with E-state index in [1.807, 2.05) is 47.4 Å². The van der Waals surface area contributed by atoms with E-state index in [1.54, 1.807) is 11.3 Å². The van der Waals surface area contributed by atoms with Crippen LogP contribution < -0.4 is 10.6 Å². The third kappa shape index (κ3) is 6.59. The van der Waals surface area contributed by atoms with Crippen LogP contribution in [0, 0.1) is 0 Å². The minimum absolute atomic E-state index is 0. The number of rotatable bonds is 8. The number of aliphatic imine (C=N–C) groups is 1. The maximum Gasteiger partial charge on any atom is 0.191 e. The predicted octanol–water partition coefficient (Wildman–Crippen LogP) is 3.81. The molecule has 0 aliphatic heterocycles. The number of thiazole rings is 1. The monoisotopic (exact) mass is 510 g/mol. The molecular weight excluding hydrogens is 483 g/mol. The van der Waals surface area contributed by atoms with Gasteiger partial charge in [0.15, 0.2) is 5.96 Å². The van der Waals surface area contributed by atoms with E-state index in [9.17, 15) is 0 Å². The quantitative estimate of drug-likeness (QED) is 0.275. The number of halogens is 1. The van der Waals surface area contributed by atoms with Crippen LogP contribution in [0.25, 0.3) is 5.69 Å². The third-order valence-corrected chi connectivity index (χ3v) is 5.16. The van der Waals surface area contributed by atoms with E-state index in [-0.39, 0.29) is 24.0 Å². The van der Waals surface area contributed by atoms with Crippen molar-refractivity contribution in [3.63, 3.8) is 0 Å². The predicted molar refractivity (Wildman–Crippen MR) is 127 cm³/mol. The third-order valence-electron chi connectivity index (χ3n) is 4.03. The highest BCUT2D eigenvalue weighted by Gasteiger charge is 2.03. The highest BCUT2D eigenvalue weighted by molar-refractivity contribution is 14.0. The number of aromatic nitrogens is 3. The molecule has 28 heavy (non-hydrogen) atoms. The van der Waals surface area contributed by atoms with E-state index >= 15 is 0 Å². The van der Waals surface area contributed by atoms with Crippen molar-refractivity contribution in [1.29, 1.82) is 0 Å². The Labute approximate surface area is 187 Å². The second-order valence-electron chi connectivity index (χ2n) is 6.07. The lowest BCUT2D eigenvalue weighted by atomic mass is 10.2. The van der Waals surface area contributed by atoms with E-state index in [0.717, 1.165) is 42.6 Å². The van der Waals surface area contributed by atoms with Crippen LogP contribution in [0.15, 0.2) is 53.9 Å². The second-order valence-corrected chi connectivity index (χ2v) is 7.27. The van der Waals surface area contributed by atoms with Gasteiger partial charge < -0.3 is 10.6 Å². The van der Waals surface area contributed by atoms with E-state index in [2.05, 4.69) is 45.8 Å². The summed E-state index contributed by atoms with van der Waals surface area (Å²) in [5.41, 5.74) is 2.26. The molecule has 0 aliphatic rings. The Balaban J connectivity index is 0.00000280. The number of para-hydroxylation sites is 1. The van der Waals surface area contributed by atoms with Gasteiger partial charge in [0.1, 0.15) is 5.01 Å². The first-order valence-corrected chi connectivity index (χ1v) is 10.1. The average Bonchev–Trinajstić information content (AvgIpc) is 3.36. The van der Waals surface area contributed by atoms with Crippen molar-refractivity contribution < 1.29 is 0 Å². The maximum absolute atomic E-state index is 4.64. The summed E-state index contributed by atoms with van der Waals surface area (Å²) in [6, 6.07) is 10.1. The molecule has 0 spiro atoms. The Kier molecular flexibility index (Phi) is 9.42. The molecule has 0 fully saturated rings. The molecule has 6 nitrogen and oxygen atoms in total. The molecule has 3 aromatic rings. The minimum atomic E-state index is 0. The molecule has 2 aromatic heterocycles. The zero-order chi connectivity index (χ0) is 18.9. The van der Waals surface area contributed by atoms with Gasteiger partial charge in [-0.25, -0.2) is 14.7 Å². The van der Waals surface area contributed by atoms with E-state index in [1.165, 1.54) is 10.4 Å². The van der Waals surface area contributed by atoms with Gasteiger partial charge in [-0.3, -0.25) is 0 Å². The van der Waals surface area contributed by atoms with Gasteiger partial charge in [0.2, 0.25) is 0 Å². The first kappa shape index (κ1) is 22.4. The van der Waals surface area contributed by atoms with Gasteiger partial charge >= 0.3 is 0 Å². The lowest BCUT2D eigenvalue weighted by Gasteiger charge is -2.10. The van der Waals surface area contributed by atoms with Gasteiger partial charge in [-0.05, 0) is 37.5 Å². The summed E-state index contributed by atoms with van der Waals surface area (Å²) in [6.07, 6.45) is 7.84. The van der Waals surface area contributed by atoms with Crippen LogP contribution >= 0.6 is 35.3 Å². The number of hydrogen-bond donors (Lipinski definition) is 2. The number of guanidine groups is 1. The van der Waals surface area contributed by atoms with Crippen molar-refractivity contribution in [3.05, 3.63) is 64.4 Å². The summed E-state index contributed by atoms with van der Waals surface area (Å²) in [5.74, 6) is 0.821. The van der Waals surface area contributed by atoms with Crippen molar-refractivity contribution in [2.45, 2.75) is 33.2 Å². The summed E-state index contributed by atoms with van der Waals surface area (Å²) < 4.78 is 1.91. The normalized spacial score (nSPS) is 11.1. The molecule has 0 atom stereocenters. The number of hydrogen-bond acceptors (Lipinski definition) is 4. The first-order chi connectivity index (χ1) is 13.3. The lowest BCUT2D eigenvalue weighted by molar-refractivity contribution is 0.798. The van der Waals surface area contributed by atoms with Crippen molar-refractivity contribution in [2.75, 3.05) is 13.1 Å². The van der Waals surface area contributed by atoms with Crippen molar-refractivity contribution in [3.8, 4) is 5.69 Å². The highest BCUT2D eigenvalue weighted by atomic mass is 127. The summed E-state index contributed by atoms with van der Waals surface area (Å²) in [5, 5.41) is 12.2. The van der Waals surface area contributed by atoms with E-state index in [0.29, 0.717) is 6.54 Å². The van der Waals surface area contributed by atoms with Gasteiger partial charge in [0.05, 0.1) is 18.4 Å². The fourth-order valence-corrected chi connectivity index (χ4v) is 3.40. The largest absolute Gasteiger partial charge is 0.357 e. The molecule has 0 aliphatic carbocycles. The fourth-order valence-electron chi connectivity index (χ4n) is 2.61. The standard InChI is InChI=1S/C20H26N6S.HI/c1-3-18-13-23-19(27-18)14-24-20(21-4-2)22-11-10-16-12-25-26(15-16)17-8-6-5-7-9-17;/h5-9,12-13,15H,3-4,10-11,14H2,1-2H3,(H2,21,22,24);1H. The van der Waals surface area contributed by atoms with Crippen LogP contribution in [0.4, 0.5) is 0 Å². The van der Waals surface area contributed by atoms with E-state index < -0.39 is 0 Å². The molecule has 0 saturated heterocycles. The Morgan fingerprint density at radius 1 is 1.14 bits per heavy atom. The molecule has 2 heterocycles. The second kappa shape index (κ2) is 11.8. The molecule has 0 bridgehead atoms. The van der Waals surface area contributed by atoms with Gasteiger partial charge in [0, 0.05) is 30.4 Å². The molecule has 150 valence electrons. The van der Waals surface area contributed by atoms with Crippen molar-refractivity contribution in [2.24, 2.45) is 4.99 Å². The zero-order valence-corrected chi connectivity index (χ0v) is 19.4. The van der Waals surface area contributed by atoms with Crippen LogP contribution in [0.1, 0.15) is 29.3 Å². The SMILES string of the molecule is CCNC(=NCc1ncc(CC)s1)NCCc1cnn(-c2ccccc2)c1.I. The average molecular weight is 510 g/mol. The fraction of sp³-hybridized carbons (Fsp3) is 0.350. The van der Waals surface area contributed by atoms with Crippen molar-refractivity contribution in [1.82, 2.24) is 25.4 Å². The van der Waals surface area contributed by atoms with Gasteiger partial charge in [-0.1, -0.05) is 25.1 Å². The Morgan fingerprint density at radius 2 is 1.96 bits per heavy atom. The number of aryl methyl sites for hydroxylation is 1. The first-order valence-electron chi connectivity index (χ1n) is 9.33. The molecule has 1 aromatic carbocycles. The lowest BCUT2D eigenvalue weighted by Crippen LogP contribution is -2.38. The molecule has 8 heteroatoms. The summed E-state index contributed by atoms with van der Waals surface area (Å²) >= 11 is 1.73. The molecule has 3 rings (SSSR count). The number of nitrogens with one attached hydrogen (secondary N) is 2. The van der Waals surface area contributed by atoms with Gasteiger partial charge in [0.25, 0.3) is 0 Å². The number of benzene rings is 1. The maximum atomic E-state index is 4.64. The molecule has 0 saturated carbocycles. The topological polar surface area (TPSA) is 67.1 Å². The summed E-state index contributed by atoms with van der Waals surface area (Å²) in [4.78, 5) is 10.4. The van der Waals surface area contributed by atoms with Crippen LogP contribution in [-0.4, -0.2) is 33.8 Å². The number of nitrogens with zero attached hydrogens (tertiary/aromatic N) is 4. The summed E-state index contributed by atoms with van der Waals surface area (Å²) in [7, 11) is 0. The van der Waals surface area contributed by atoms with Crippen LogP contribution in [0.3, 0.4) is 0 Å². The Hall–Kier alpha value is -1.94. The molecule has 2 N–H and O–H groups in total. The van der Waals surface area contributed by atoms with Crippen LogP contribution in [0.5, 0.6) is 0 Å². The van der Waals surface area contributed by atoms with Crippen LogP contribution in [-0.2, 0) is 19.4 Å². The summed E-state index contributed by atoms with van der Waals surface area (Å²) in [6.45, 7) is 6.44. The molecule has 0 radical (unpaired) electrons. The Bertz CT molecular complexity index is 858. The van der Waals surface area contributed by atoms with Crippen LogP contribution in [0.2, 0.25) is 0 Å². The van der Waals surface area contributed by atoms with Gasteiger partial charge in [-0.15, -0.1) is 35.3 Å². The molecule has 0 amide bonds. The smallest absolute Gasteiger partial charge is 0.191 e. The minimum Gasteiger partial charge on any atom is -0.357 e. The highest BCUT2D eigenvalue weighted by Crippen LogP contribution is 2.14. The van der Waals surface area contributed by atoms with E-state index in [4.69, 9.17) is 0 Å². The Morgan fingerprint density at radius 3 is 2.68 bits per heavy atom. The molecular formula is C20H27IN6S. The van der Waals surface area contributed by atoms with Gasteiger partial charge in [-0.2, -0.15) is 5.10 Å².